The number of hydrogen-bond donors (Lipinski definition) is 2. The molecule has 0 aromatic carbocycles. The van der Waals surface area contributed by atoms with E-state index in [0.717, 1.165) is 19.4 Å². The maximum absolute atomic E-state index is 9.20. The van der Waals surface area contributed by atoms with E-state index in [0.29, 0.717) is 23.3 Å². The molecule has 0 spiro atoms. The van der Waals surface area contributed by atoms with Crippen LogP contribution in [0.1, 0.15) is 31.7 Å². The highest BCUT2D eigenvalue weighted by Gasteiger charge is 2.21. The zero-order valence-electron chi connectivity index (χ0n) is 9.69. The fraction of sp³-hybridized carbons (Fsp3) is 0.636. The largest absolute Gasteiger partial charge is 0.392 e. The summed E-state index contributed by atoms with van der Waals surface area (Å²) < 4.78 is 5.51. The van der Waals surface area contributed by atoms with E-state index in [9.17, 15) is 5.11 Å². The lowest BCUT2D eigenvalue weighted by Crippen LogP contribution is -2.17. The van der Waals surface area contributed by atoms with Crippen molar-refractivity contribution < 1.29 is 9.84 Å². The Kier molecular flexibility index (Phi) is 4.15. The van der Waals surface area contributed by atoms with Crippen LogP contribution in [-0.4, -0.2) is 34.3 Å². The van der Waals surface area contributed by atoms with Crippen molar-refractivity contribution in [3.63, 3.8) is 0 Å². The second kappa shape index (κ2) is 5.62. The van der Waals surface area contributed by atoms with E-state index in [1.807, 2.05) is 0 Å². The molecule has 0 aliphatic carbocycles. The summed E-state index contributed by atoms with van der Waals surface area (Å²) >= 11 is 5.93. The van der Waals surface area contributed by atoms with Crippen molar-refractivity contribution in [2.75, 3.05) is 18.5 Å². The minimum absolute atomic E-state index is 0.0548. The highest BCUT2D eigenvalue weighted by Crippen LogP contribution is 2.27. The molecule has 6 heteroatoms. The van der Waals surface area contributed by atoms with Crippen molar-refractivity contribution in [2.24, 2.45) is 0 Å². The van der Waals surface area contributed by atoms with Gasteiger partial charge >= 0.3 is 0 Å². The number of hydrogen-bond acceptors (Lipinski definition) is 5. The van der Waals surface area contributed by atoms with Gasteiger partial charge in [0.2, 0.25) is 0 Å². The number of anilines is 1. The molecule has 1 fully saturated rings. The summed E-state index contributed by atoms with van der Waals surface area (Å²) in [7, 11) is 0. The van der Waals surface area contributed by atoms with E-state index in [1.165, 1.54) is 0 Å². The van der Waals surface area contributed by atoms with E-state index >= 15 is 0 Å². The fourth-order valence-electron chi connectivity index (χ4n) is 1.70. The van der Waals surface area contributed by atoms with Crippen LogP contribution in [0.4, 0.5) is 5.82 Å². The Labute approximate surface area is 105 Å². The van der Waals surface area contributed by atoms with Crippen LogP contribution in [0.15, 0.2) is 6.07 Å². The summed E-state index contributed by atoms with van der Waals surface area (Å²) in [6.45, 7) is 2.88. The Balaban J connectivity index is 2.11. The standard InChI is InChI=1S/C11H16ClN3O2/c1-7(16)6-13-10-5-9(12)14-11(15-10)8-3-2-4-17-8/h5,7-8,16H,2-4,6H2,1H3,(H,13,14,15). The lowest BCUT2D eigenvalue weighted by Gasteiger charge is -2.12. The molecular formula is C11H16ClN3O2. The molecular weight excluding hydrogens is 242 g/mol. The SMILES string of the molecule is CC(O)CNc1cc(Cl)nc(C2CCCO2)n1. The molecule has 2 heterocycles. The van der Waals surface area contributed by atoms with Crippen LogP contribution in [0.5, 0.6) is 0 Å². The number of nitrogens with one attached hydrogen (secondary N) is 1. The molecule has 1 saturated heterocycles. The average Bonchev–Trinajstić information content (AvgIpc) is 2.79. The van der Waals surface area contributed by atoms with Crippen molar-refractivity contribution >= 4 is 17.4 Å². The first-order valence-electron chi connectivity index (χ1n) is 5.73. The predicted molar refractivity (Wildman–Crippen MR) is 65.1 cm³/mol. The molecule has 1 aromatic heterocycles. The number of ether oxygens (including phenoxy) is 1. The summed E-state index contributed by atoms with van der Waals surface area (Å²) in [5, 5.41) is 12.6. The summed E-state index contributed by atoms with van der Waals surface area (Å²) in [6.07, 6.45) is 1.46. The third-order valence-corrected chi connectivity index (χ3v) is 2.70. The van der Waals surface area contributed by atoms with Gasteiger partial charge < -0.3 is 15.2 Å². The van der Waals surface area contributed by atoms with Crippen LogP contribution >= 0.6 is 11.6 Å². The molecule has 0 radical (unpaired) electrons. The molecule has 1 aliphatic rings. The Morgan fingerprint density at radius 1 is 1.65 bits per heavy atom. The van der Waals surface area contributed by atoms with Gasteiger partial charge in [-0.2, -0.15) is 0 Å². The monoisotopic (exact) mass is 257 g/mol. The van der Waals surface area contributed by atoms with E-state index in [4.69, 9.17) is 16.3 Å². The van der Waals surface area contributed by atoms with Crippen LogP contribution in [0.3, 0.4) is 0 Å². The highest BCUT2D eigenvalue weighted by molar-refractivity contribution is 6.29. The molecule has 94 valence electrons. The molecule has 1 aromatic rings. The molecule has 2 unspecified atom stereocenters. The molecule has 0 bridgehead atoms. The maximum atomic E-state index is 9.20. The van der Waals surface area contributed by atoms with E-state index < -0.39 is 6.10 Å². The van der Waals surface area contributed by atoms with Crippen molar-refractivity contribution in [3.05, 3.63) is 17.0 Å². The summed E-state index contributed by atoms with van der Waals surface area (Å²) in [5.74, 6) is 1.24. The molecule has 0 amide bonds. The first-order valence-corrected chi connectivity index (χ1v) is 6.11. The number of halogens is 1. The van der Waals surface area contributed by atoms with Crippen LogP contribution in [0.2, 0.25) is 5.15 Å². The number of aromatic nitrogens is 2. The normalized spacial score (nSPS) is 21.5. The minimum atomic E-state index is -0.435. The quantitative estimate of drug-likeness (QED) is 0.805. The van der Waals surface area contributed by atoms with Gasteiger partial charge in [0.1, 0.15) is 17.1 Å². The lowest BCUT2D eigenvalue weighted by atomic mass is 10.2. The van der Waals surface area contributed by atoms with Crippen LogP contribution in [-0.2, 0) is 4.74 Å². The predicted octanol–water partition coefficient (Wildman–Crippen LogP) is 1.77. The van der Waals surface area contributed by atoms with E-state index in [2.05, 4.69) is 15.3 Å². The molecule has 0 saturated carbocycles. The number of aliphatic hydroxyl groups is 1. The fourth-order valence-corrected chi connectivity index (χ4v) is 1.89. The molecule has 2 atom stereocenters. The van der Waals surface area contributed by atoms with Crippen molar-refractivity contribution in [1.29, 1.82) is 0 Å². The van der Waals surface area contributed by atoms with Gasteiger partial charge in [-0.05, 0) is 19.8 Å². The lowest BCUT2D eigenvalue weighted by molar-refractivity contribution is 0.105. The molecule has 5 nitrogen and oxygen atoms in total. The zero-order chi connectivity index (χ0) is 12.3. The smallest absolute Gasteiger partial charge is 0.161 e. The van der Waals surface area contributed by atoms with Crippen LogP contribution in [0, 0.1) is 0 Å². The molecule has 17 heavy (non-hydrogen) atoms. The second-order valence-corrected chi connectivity index (χ2v) is 4.55. The van der Waals surface area contributed by atoms with E-state index in [1.54, 1.807) is 13.0 Å². The second-order valence-electron chi connectivity index (χ2n) is 4.17. The van der Waals surface area contributed by atoms with Gasteiger partial charge in [-0.25, -0.2) is 9.97 Å². The molecule has 1 aliphatic heterocycles. The molecule has 2 N–H and O–H groups in total. The Morgan fingerprint density at radius 2 is 2.47 bits per heavy atom. The van der Waals surface area contributed by atoms with Crippen molar-refractivity contribution in [3.8, 4) is 0 Å². The average molecular weight is 258 g/mol. The number of rotatable bonds is 4. The van der Waals surface area contributed by atoms with Crippen molar-refractivity contribution in [1.82, 2.24) is 9.97 Å². The van der Waals surface area contributed by atoms with Gasteiger partial charge in [0.05, 0.1) is 6.10 Å². The number of nitrogens with zero attached hydrogens (tertiary/aromatic N) is 2. The summed E-state index contributed by atoms with van der Waals surface area (Å²) in [6, 6.07) is 1.64. The number of aliphatic hydroxyl groups excluding tert-OH is 1. The van der Waals surface area contributed by atoms with Crippen LogP contribution in [0.25, 0.3) is 0 Å². The third-order valence-electron chi connectivity index (χ3n) is 2.51. The van der Waals surface area contributed by atoms with Crippen molar-refractivity contribution in [2.45, 2.75) is 32.0 Å². The van der Waals surface area contributed by atoms with Gasteiger partial charge in [0.25, 0.3) is 0 Å². The summed E-state index contributed by atoms with van der Waals surface area (Å²) in [4.78, 5) is 8.51. The first kappa shape index (κ1) is 12.5. The van der Waals surface area contributed by atoms with Gasteiger partial charge in [-0.1, -0.05) is 11.6 Å². The minimum Gasteiger partial charge on any atom is -0.392 e. The third kappa shape index (κ3) is 3.52. The maximum Gasteiger partial charge on any atom is 0.161 e. The van der Waals surface area contributed by atoms with Gasteiger partial charge in [-0.3, -0.25) is 0 Å². The Morgan fingerprint density at radius 3 is 3.12 bits per heavy atom. The topological polar surface area (TPSA) is 67.3 Å². The van der Waals surface area contributed by atoms with Crippen LogP contribution < -0.4 is 5.32 Å². The van der Waals surface area contributed by atoms with Gasteiger partial charge in [0, 0.05) is 19.2 Å². The molecule has 2 rings (SSSR count). The first-order chi connectivity index (χ1) is 8.15. The van der Waals surface area contributed by atoms with Gasteiger partial charge in [-0.15, -0.1) is 0 Å². The van der Waals surface area contributed by atoms with E-state index in [-0.39, 0.29) is 6.10 Å². The zero-order valence-corrected chi connectivity index (χ0v) is 10.4. The summed E-state index contributed by atoms with van der Waals surface area (Å²) in [5.41, 5.74) is 0. The van der Waals surface area contributed by atoms with Gasteiger partial charge in [0.15, 0.2) is 5.82 Å². The Hall–Kier alpha value is -0.910. The Bertz CT molecular complexity index is 381. The highest BCUT2D eigenvalue weighted by atomic mass is 35.5.